The maximum absolute atomic E-state index is 12.8. The fourth-order valence-corrected chi connectivity index (χ4v) is 5.20. The van der Waals surface area contributed by atoms with Crippen molar-refractivity contribution in [2.45, 2.75) is 38.3 Å². The Morgan fingerprint density at radius 3 is 2.69 bits per heavy atom. The Labute approximate surface area is 160 Å². The molecule has 1 aromatic heterocycles. The molecule has 3 fully saturated rings. The zero-order valence-electron chi connectivity index (χ0n) is 15.5. The first-order valence-electron chi connectivity index (χ1n) is 10.0. The van der Waals surface area contributed by atoms with Crippen molar-refractivity contribution in [1.29, 1.82) is 0 Å². The fraction of sp³-hybridized carbons (Fsp3) is 0.789. The van der Waals surface area contributed by atoms with Gasteiger partial charge in [-0.15, -0.1) is 11.3 Å². The van der Waals surface area contributed by atoms with Gasteiger partial charge in [0.15, 0.2) is 0 Å². The van der Waals surface area contributed by atoms with Crippen LogP contribution in [0.15, 0.2) is 11.6 Å². The number of likely N-dealkylation sites (tertiary alicyclic amines) is 2. The van der Waals surface area contributed by atoms with Gasteiger partial charge in [-0.05, 0) is 32.2 Å². The van der Waals surface area contributed by atoms with Crippen molar-refractivity contribution in [2.75, 3.05) is 52.5 Å². The number of carbonyl (C=O) groups is 1. The molecule has 26 heavy (non-hydrogen) atoms. The number of amides is 1. The second kappa shape index (κ2) is 8.78. The molecule has 0 spiro atoms. The standard InChI is InChI=1S/C19H30N4O2S/c24-19(22-9-11-25-12-10-22)16-2-1-6-23(14-16)17-3-7-21(8-4-17)15-18-20-5-13-26-18/h5,13,16-17H,1-4,6-12,14-15H2/t16-/m1/s1. The normalized spacial score (nSPS) is 26.9. The Morgan fingerprint density at radius 2 is 1.96 bits per heavy atom. The first kappa shape index (κ1) is 18.3. The SMILES string of the molecule is O=C([C@@H]1CCCN(C2CCN(Cc3nccs3)CC2)C1)N1CCOCC1. The van der Waals surface area contributed by atoms with Crippen molar-refractivity contribution < 1.29 is 9.53 Å². The summed E-state index contributed by atoms with van der Waals surface area (Å²) >= 11 is 1.75. The Kier molecular flexibility index (Phi) is 6.20. The molecular weight excluding hydrogens is 348 g/mol. The van der Waals surface area contributed by atoms with Gasteiger partial charge < -0.3 is 9.64 Å². The number of ether oxygens (including phenoxy) is 1. The molecule has 1 aromatic rings. The van der Waals surface area contributed by atoms with Crippen molar-refractivity contribution in [3.8, 4) is 0 Å². The van der Waals surface area contributed by atoms with Crippen LogP contribution in [0.3, 0.4) is 0 Å². The van der Waals surface area contributed by atoms with Crippen molar-refractivity contribution in [3.63, 3.8) is 0 Å². The summed E-state index contributed by atoms with van der Waals surface area (Å²) in [4.78, 5) is 24.4. The predicted octanol–water partition coefficient (Wildman–Crippen LogP) is 1.68. The van der Waals surface area contributed by atoms with Gasteiger partial charge in [0.25, 0.3) is 0 Å². The molecule has 0 saturated carbocycles. The number of hydrogen-bond donors (Lipinski definition) is 0. The number of morpholine rings is 1. The minimum absolute atomic E-state index is 0.190. The molecule has 0 bridgehead atoms. The third-order valence-corrected chi connectivity index (χ3v) is 6.81. The third kappa shape index (κ3) is 4.44. The molecule has 4 heterocycles. The number of thiazole rings is 1. The van der Waals surface area contributed by atoms with Crippen LogP contribution in [0.2, 0.25) is 0 Å². The lowest BCUT2D eigenvalue weighted by molar-refractivity contribution is -0.142. The number of piperidine rings is 2. The van der Waals surface area contributed by atoms with Crippen LogP contribution in [0.5, 0.6) is 0 Å². The molecule has 4 rings (SSSR count). The van der Waals surface area contributed by atoms with Crippen molar-refractivity contribution in [1.82, 2.24) is 19.7 Å². The molecule has 0 unspecified atom stereocenters. The lowest BCUT2D eigenvalue weighted by Crippen LogP contribution is -2.52. The molecule has 1 amide bonds. The Balaban J connectivity index is 1.26. The summed E-state index contributed by atoms with van der Waals surface area (Å²) in [7, 11) is 0. The molecule has 0 aromatic carbocycles. The zero-order valence-corrected chi connectivity index (χ0v) is 16.3. The van der Waals surface area contributed by atoms with E-state index in [-0.39, 0.29) is 5.92 Å². The van der Waals surface area contributed by atoms with Gasteiger partial charge in [-0.3, -0.25) is 14.6 Å². The van der Waals surface area contributed by atoms with Crippen LogP contribution < -0.4 is 0 Å². The maximum Gasteiger partial charge on any atom is 0.227 e. The molecule has 0 N–H and O–H groups in total. The number of nitrogens with zero attached hydrogens (tertiary/aromatic N) is 4. The highest BCUT2D eigenvalue weighted by atomic mass is 32.1. The van der Waals surface area contributed by atoms with Crippen molar-refractivity contribution in [3.05, 3.63) is 16.6 Å². The van der Waals surface area contributed by atoms with Gasteiger partial charge in [0.2, 0.25) is 5.91 Å². The first-order valence-corrected chi connectivity index (χ1v) is 10.9. The van der Waals surface area contributed by atoms with E-state index in [4.69, 9.17) is 4.74 Å². The van der Waals surface area contributed by atoms with E-state index in [1.807, 2.05) is 11.1 Å². The Morgan fingerprint density at radius 1 is 1.15 bits per heavy atom. The summed E-state index contributed by atoms with van der Waals surface area (Å²) in [5, 5.41) is 3.28. The molecule has 3 aliphatic rings. The number of carbonyl (C=O) groups excluding carboxylic acids is 1. The van der Waals surface area contributed by atoms with Crippen LogP contribution in [0.4, 0.5) is 0 Å². The van der Waals surface area contributed by atoms with E-state index in [1.54, 1.807) is 11.3 Å². The van der Waals surface area contributed by atoms with Crippen LogP contribution in [-0.4, -0.2) is 84.1 Å². The van der Waals surface area contributed by atoms with E-state index in [9.17, 15) is 4.79 Å². The average Bonchev–Trinajstić information content (AvgIpc) is 3.22. The van der Waals surface area contributed by atoms with E-state index < -0.39 is 0 Å². The zero-order chi connectivity index (χ0) is 17.8. The van der Waals surface area contributed by atoms with Gasteiger partial charge in [0, 0.05) is 50.3 Å². The average molecular weight is 379 g/mol. The smallest absolute Gasteiger partial charge is 0.227 e. The van der Waals surface area contributed by atoms with Crippen LogP contribution in [0.1, 0.15) is 30.7 Å². The van der Waals surface area contributed by atoms with Gasteiger partial charge in [0.05, 0.1) is 25.7 Å². The van der Waals surface area contributed by atoms with Crippen molar-refractivity contribution in [2.24, 2.45) is 5.92 Å². The van der Waals surface area contributed by atoms with Crippen molar-refractivity contribution >= 4 is 17.2 Å². The maximum atomic E-state index is 12.8. The first-order chi connectivity index (χ1) is 12.8. The lowest BCUT2D eigenvalue weighted by Gasteiger charge is -2.43. The van der Waals surface area contributed by atoms with E-state index >= 15 is 0 Å². The second-order valence-corrected chi connectivity index (χ2v) is 8.68. The summed E-state index contributed by atoms with van der Waals surface area (Å²) in [6.45, 7) is 8.31. The summed E-state index contributed by atoms with van der Waals surface area (Å²) in [6, 6.07) is 0.642. The molecule has 6 nitrogen and oxygen atoms in total. The minimum atomic E-state index is 0.190. The van der Waals surface area contributed by atoms with Crippen LogP contribution >= 0.6 is 11.3 Å². The molecule has 3 aliphatic heterocycles. The van der Waals surface area contributed by atoms with Gasteiger partial charge >= 0.3 is 0 Å². The third-order valence-electron chi connectivity index (χ3n) is 6.04. The molecule has 0 radical (unpaired) electrons. The minimum Gasteiger partial charge on any atom is -0.378 e. The van der Waals surface area contributed by atoms with E-state index in [2.05, 4.69) is 20.2 Å². The van der Waals surface area contributed by atoms with Gasteiger partial charge in [0.1, 0.15) is 5.01 Å². The molecular formula is C19H30N4O2S. The van der Waals surface area contributed by atoms with E-state index in [0.29, 0.717) is 25.2 Å². The molecule has 3 saturated heterocycles. The number of hydrogen-bond acceptors (Lipinski definition) is 6. The monoisotopic (exact) mass is 378 g/mol. The predicted molar refractivity (Wildman–Crippen MR) is 102 cm³/mol. The number of rotatable bonds is 4. The number of aromatic nitrogens is 1. The van der Waals surface area contributed by atoms with Gasteiger partial charge in [-0.1, -0.05) is 0 Å². The molecule has 0 aliphatic carbocycles. The van der Waals surface area contributed by atoms with Crippen LogP contribution in [0, 0.1) is 5.92 Å². The van der Waals surface area contributed by atoms with Crippen LogP contribution in [-0.2, 0) is 16.1 Å². The van der Waals surface area contributed by atoms with Gasteiger partial charge in [-0.25, -0.2) is 4.98 Å². The largest absolute Gasteiger partial charge is 0.378 e. The second-order valence-electron chi connectivity index (χ2n) is 7.70. The Hall–Kier alpha value is -1.02. The Bertz CT molecular complexity index is 568. The van der Waals surface area contributed by atoms with Crippen LogP contribution in [0.25, 0.3) is 0 Å². The highest BCUT2D eigenvalue weighted by molar-refractivity contribution is 7.09. The quantitative estimate of drug-likeness (QED) is 0.798. The topological polar surface area (TPSA) is 48.9 Å². The molecule has 7 heteroatoms. The summed E-state index contributed by atoms with van der Waals surface area (Å²) in [5.74, 6) is 0.550. The fourth-order valence-electron chi connectivity index (χ4n) is 4.55. The molecule has 1 atom stereocenters. The summed E-state index contributed by atoms with van der Waals surface area (Å²) in [5.41, 5.74) is 0. The highest BCUT2D eigenvalue weighted by Crippen LogP contribution is 2.26. The van der Waals surface area contributed by atoms with E-state index in [1.165, 1.54) is 17.8 Å². The lowest BCUT2D eigenvalue weighted by atomic mass is 9.92. The van der Waals surface area contributed by atoms with Gasteiger partial charge in [-0.2, -0.15) is 0 Å². The summed E-state index contributed by atoms with van der Waals surface area (Å²) in [6.07, 6.45) is 6.52. The van der Waals surface area contributed by atoms with E-state index in [0.717, 1.165) is 58.7 Å². The summed E-state index contributed by atoms with van der Waals surface area (Å²) < 4.78 is 5.39. The highest BCUT2D eigenvalue weighted by Gasteiger charge is 2.33. The molecule has 144 valence electrons.